The molecule has 0 aromatic carbocycles. The van der Waals surface area contributed by atoms with Crippen LogP contribution >= 0.6 is 31.9 Å². The van der Waals surface area contributed by atoms with E-state index in [1.165, 1.54) is 0 Å². The molecule has 1 aromatic heterocycles. The van der Waals surface area contributed by atoms with Gasteiger partial charge in [-0.15, -0.1) is 0 Å². The standard InChI is InChI=1S/C12H17Br2NO3/c1-16-5-3-15-7-8-2-4-17-11(8)10-6-9(13)12(14)18-10/h6,8,11,15H,2-5,7H2,1H3. The molecule has 2 rings (SSSR count). The SMILES string of the molecule is COCCNCC1CCOC1c1cc(Br)c(Br)o1. The van der Waals surface area contributed by atoms with Crippen molar-refractivity contribution < 1.29 is 13.9 Å². The van der Waals surface area contributed by atoms with Crippen molar-refractivity contribution in [2.75, 3.05) is 33.4 Å². The van der Waals surface area contributed by atoms with E-state index < -0.39 is 0 Å². The molecule has 102 valence electrons. The fourth-order valence-corrected chi connectivity index (χ4v) is 2.73. The number of hydrogen-bond donors (Lipinski definition) is 1. The summed E-state index contributed by atoms with van der Waals surface area (Å²) in [6.07, 6.45) is 1.10. The van der Waals surface area contributed by atoms with Crippen molar-refractivity contribution in [1.82, 2.24) is 5.32 Å². The monoisotopic (exact) mass is 381 g/mol. The van der Waals surface area contributed by atoms with Crippen LogP contribution in [0, 0.1) is 5.92 Å². The maximum absolute atomic E-state index is 5.77. The Morgan fingerprint density at radius 2 is 2.33 bits per heavy atom. The van der Waals surface area contributed by atoms with Crippen molar-refractivity contribution in [2.45, 2.75) is 12.5 Å². The summed E-state index contributed by atoms with van der Waals surface area (Å²) in [6, 6.07) is 1.97. The van der Waals surface area contributed by atoms with E-state index in [1.54, 1.807) is 7.11 Å². The van der Waals surface area contributed by atoms with Gasteiger partial charge >= 0.3 is 0 Å². The van der Waals surface area contributed by atoms with E-state index in [9.17, 15) is 0 Å². The molecule has 0 saturated carbocycles. The number of ether oxygens (including phenoxy) is 2. The molecule has 2 unspecified atom stereocenters. The number of halogens is 2. The summed E-state index contributed by atoms with van der Waals surface area (Å²) in [5.41, 5.74) is 0. The van der Waals surface area contributed by atoms with Gasteiger partial charge in [-0.05, 0) is 44.3 Å². The Morgan fingerprint density at radius 1 is 1.50 bits per heavy atom. The van der Waals surface area contributed by atoms with E-state index >= 15 is 0 Å². The Morgan fingerprint density at radius 3 is 3.00 bits per heavy atom. The van der Waals surface area contributed by atoms with Gasteiger partial charge in [0.05, 0.1) is 11.1 Å². The Balaban J connectivity index is 1.90. The molecule has 0 radical (unpaired) electrons. The van der Waals surface area contributed by atoms with E-state index in [0.29, 0.717) is 5.92 Å². The van der Waals surface area contributed by atoms with E-state index in [2.05, 4.69) is 37.2 Å². The molecule has 1 N–H and O–H groups in total. The molecule has 2 heterocycles. The van der Waals surface area contributed by atoms with Gasteiger partial charge in [0.2, 0.25) is 0 Å². The molecule has 0 bridgehead atoms. The zero-order valence-corrected chi connectivity index (χ0v) is 13.4. The van der Waals surface area contributed by atoms with Gasteiger partial charge < -0.3 is 19.2 Å². The van der Waals surface area contributed by atoms with Gasteiger partial charge in [-0.25, -0.2) is 0 Å². The van der Waals surface area contributed by atoms with E-state index in [0.717, 1.165) is 47.6 Å². The third kappa shape index (κ3) is 3.57. The molecule has 1 aliphatic heterocycles. The average molecular weight is 383 g/mol. The Bertz CT molecular complexity index is 364. The number of furan rings is 1. The molecule has 6 heteroatoms. The highest BCUT2D eigenvalue weighted by atomic mass is 79.9. The van der Waals surface area contributed by atoms with Crippen molar-refractivity contribution in [3.63, 3.8) is 0 Å². The van der Waals surface area contributed by atoms with Gasteiger partial charge in [-0.3, -0.25) is 0 Å². The quantitative estimate of drug-likeness (QED) is 0.767. The summed E-state index contributed by atoms with van der Waals surface area (Å²) in [7, 11) is 1.71. The van der Waals surface area contributed by atoms with Crippen LogP contribution in [0.5, 0.6) is 0 Å². The minimum Gasteiger partial charge on any atom is -0.450 e. The predicted molar refractivity (Wildman–Crippen MR) is 75.7 cm³/mol. The fraction of sp³-hybridized carbons (Fsp3) is 0.667. The first kappa shape index (κ1) is 14.5. The summed E-state index contributed by atoms with van der Waals surface area (Å²) in [6.45, 7) is 3.31. The van der Waals surface area contributed by atoms with Crippen LogP contribution in [0.15, 0.2) is 19.6 Å². The van der Waals surface area contributed by atoms with Gasteiger partial charge in [0.25, 0.3) is 0 Å². The van der Waals surface area contributed by atoms with Crippen LogP contribution < -0.4 is 5.32 Å². The second-order valence-electron chi connectivity index (χ2n) is 4.31. The average Bonchev–Trinajstić information content (AvgIpc) is 2.93. The highest BCUT2D eigenvalue weighted by Crippen LogP contribution is 2.38. The van der Waals surface area contributed by atoms with Crippen LogP contribution in [-0.2, 0) is 9.47 Å². The molecular weight excluding hydrogens is 366 g/mol. The fourth-order valence-electron chi connectivity index (χ4n) is 2.12. The lowest BCUT2D eigenvalue weighted by atomic mass is 10.00. The van der Waals surface area contributed by atoms with Gasteiger partial charge in [-0.1, -0.05) is 0 Å². The van der Waals surface area contributed by atoms with Gasteiger partial charge in [0.1, 0.15) is 11.9 Å². The highest BCUT2D eigenvalue weighted by Gasteiger charge is 2.32. The Labute approximate surface area is 124 Å². The maximum atomic E-state index is 5.77. The molecule has 0 aliphatic carbocycles. The van der Waals surface area contributed by atoms with Crippen molar-refractivity contribution in [1.29, 1.82) is 0 Å². The summed E-state index contributed by atoms with van der Waals surface area (Å²) >= 11 is 6.78. The summed E-state index contributed by atoms with van der Waals surface area (Å²) in [5.74, 6) is 1.33. The molecular formula is C12H17Br2NO3. The summed E-state index contributed by atoms with van der Waals surface area (Å²) in [5, 5.41) is 3.38. The predicted octanol–water partition coefficient (Wildman–Crippen LogP) is 3.12. The molecule has 2 atom stereocenters. The number of nitrogens with one attached hydrogen (secondary N) is 1. The van der Waals surface area contributed by atoms with Crippen molar-refractivity contribution in [2.24, 2.45) is 5.92 Å². The largest absolute Gasteiger partial charge is 0.450 e. The van der Waals surface area contributed by atoms with Crippen LogP contribution in [0.1, 0.15) is 18.3 Å². The molecule has 4 nitrogen and oxygen atoms in total. The molecule has 1 fully saturated rings. The lowest BCUT2D eigenvalue weighted by molar-refractivity contribution is 0.0709. The lowest BCUT2D eigenvalue weighted by Gasteiger charge is -2.16. The normalized spacial score (nSPS) is 23.7. The van der Waals surface area contributed by atoms with Crippen LogP contribution in [0.3, 0.4) is 0 Å². The van der Waals surface area contributed by atoms with Gasteiger partial charge in [0.15, 0.2) is 4.67 Å². The second kappa shape index (κ2) is 7.05. The zero-order valence-electron chi connectivity index (χ0n) is 10.2. The molecule has 1 saturated heterocycles. The van der Waals surface area contributed by atoms with Gasteiger partial charge in [0, 0.05) is 32.7 Å². The number of rotatable bonds is 6. The van der Waals surface area contributed by atoms with Crippen molar-refractivity contribution >= 4 is 31.9 Å². The summed E-state index contributed by atoms with van der Waals surface area (Å²) in [4.78, 5) is 0. The lowest BCUT2D eigenvalue weighted by Crippen LogP contribution is -2.27. The first-order valence-corrected chi connectivity index (χ1v) is 7.57. The first-order chi connectivity index (χ1) is 8.72. The molecule has 0 spiro atoms. The van der Waals surface area contributed by atoms with Crippen LogP contribution in [0.2, 0.25) is 0 Å². The summed E-state index contributed by atoms with van der Waals surface area (Å²) < 4.78 is 18.1. The highest BCUT2D eigenvalue weighted by molar-refractivity contribution is 9.13. The molecule has 1 aromatic rings. The molecule has 0 amide bonds. The topological polar surface area (TPSA) is 43.6 Å². The first-order valence-electron chi connectivity index (χ1n) is 5.98. The van der Waals surface area contributed by atoms with E-state index in [-0.39, 0.29) is 6.10 Å². The van der Waals surface area contributed by atoms with Crippen LogP contribution in [0.4, 0.5) is 0 Å². The van der Waals surface area contributed by atoms with Crippen molar-refractivity contribution in [3.8, 4) is 0 Å². The van der Waals surface area contributed by atoms with Crippen molar-refractivity contribution in [3.05, 3.63) is 21.0 Å². The molecule has 1 aliphatic rings. The van der Waals surface area contributed by atoms with E-state index in [1.807, 2.05) is 6.07 Å². The minimum absolute atomic E-state index is 0.0441. The second-order valence-corrected chi connectivity index (χ2v) is 5.88. The molecule has 18 heavy (non-hydrogen) atoms. The Hall–Kier alpha value is 0.120. The smallest absolute Gasteiger partial charge is 0.183 e. The maximum Gasteiger partial charge on any atom is 0.183 e. The minimum atomic E-state index is 0.0441. The zero-order chi connectivity index (χ0) is 13.0. The third-order valence-electron chi connectivity index (χ3n) is 3.05. The van der Waals surface area contributed by atoms with Gasteiger partial charge in [-0.2, -0.15) is 0 Å². The number of methoxy groups -OCH3 is 1. The van der Waals surface area contributed by atoms with Crippen LogP contribution in [-0.4, -0.2) is 33.4 Å². The van der Waals surface area contributed by atoms with Crippen LogP contribution in [0.25, 0.3) is 0 Å². The number of hydrogen-bond acceptors (Lipinski definition) is 4. The third-order valence-corrected chi connectivity index (χ3v) is 4.76. The Kier molecular flexibility index (Phi) is 5.69. The van der Waals surface area contributed by atoms with E-state index in [4.69, 9.17) is 13.9 Å².